The zero-order valence-corrected chi connectivity index (χ0v) is 19.7. The lowest BCUT2D eigenvalue weighted by Crippen LogP contribution is -2.37. The maximum absolute atomic E-state index is 13.2. The van der Waals surface area contributed by atoms with Crippen LogP contribution in [0.2, 0.25) is 0 Å². The van der Waals surface area contributed by atoms with Gasteiger partial charge in [-0.05, 0) is 73.1 Å². The largest absolute Gasteiger partial charge is 0.325 e. The molecule has 1 aromatic heterocycles. The van der Waals surface area contributed by atoms with Crippen molar-refractivity contribution in [3.63, 3.8) is 0 Å². The van der Waals surface area contributed by atoms with E-state index in [9.17, 15) is 13.2 Å². The normalized spacial score (nSPS) is 17.1. The third-order valence-corrected chi connectivity index (χ3v) is 8.83. The molecular weight excluding hydrogens is 434 g/mol. The summed E-state index contributed by atoms with van der Waals surface area (Å²) in [6.45, 7) is 5.16. The molecule has 0 bridgehead atoms. The Morgan fingerprint density at radius 3 is 2.55 bits per heavy atom. The molecule has 2 aliphatic heterocycles. The van der Waals surface area contributed by atoms with Crippen molar-refractivity contribution in [1.29, 1.82) is 0 Å². The van der Waals surface area contributed by atoms with Crippen LogP contribution in [0.1, 0.15) is 41.0 Å². The molecule has 5 rings (SSSR count). The highest BCUT2D eigenvalue weighted by Crippen LogP contribution is 2.33. The standard InChI is InChI=1S/C26H27N3O3S/c1-17-4-3-5-23(18(17)2)24-9-7-21(16-27-24)19-10-12-29(13-11-19)33(31,32)22-8-6-20-14-26(30)28-25(20)15-22/h3-9,15-16,19H,10-14H2,1-2H3,(H,28,30). The van der Waals surface area contributed by atoms with Crippen molar-refractivity contribution in [2.75, 3.05) is 18.4 Å². The number of hydrogen-bond acceptors (Lipinski definition) is 4. The minimum atomic E-state index is -3.59. The highest BCUT2D eigenvalue weighted by Gasteiger charge is 2.31. The van der Waals surface area contributed by atoms with Crippen LogP contribution < -0.4 is 5.32 Å². The van der Waals surface area contributed by atoms with Crippen LogP contribution in [0.5, 0.6) is 0 Å². The average Bonchev–Trinajstić information content (AvgIpc) is 3.20. The Balaban J connectivity index is 1.28. The number of amides is 1. The molecule has 0 atom stereocenters. The molecule has 1 amide bonds. The highest BCUT2D eigenvalue weighted by molar-refractivity contribution is 7.89. The summed E-state index contributed by atoms with van der Waals surface area (Å²) >= 11 is 0. The van der Waals surface area contributed by atoms with Crippen molar-refractivity contribution in [3.05, 3.63) is 77.0 Å². The molecule has 3 aromatic rings. The average molecular weight is 462 g/mol. The molecular formula is C26H27N3O3S. The van der Waals surface area contributed by atoms with E-state index in [-0.39, 0.29) is 16.7 Å². The topological polar surface area (TPSA) is 79.4 Å². The van der Waals surface area contributed by atoms with E-state index in [0.717, 1.165) is 35.2 Å². The summed E-state index contributed by atoms with van der Waals surface area (Å²) in [6.07, 6.45) is 3.75. The number of carbonyl (C=O) groups is 1. The maximum atomic E-state index is 13.2. The Morgan fingerprint density at radius 1 is 1.03 bits per heavy atom. The molecule has 1 fully saturated rings. The van der Waals surface area contributed by atoms with E-state index in [2.05, 4.69) is 49.5 Å². The lowest BCUT2D eigenvalue weighted by molar-refractivity contribution is -0.115. The predicted octanol–water partition coefficient (Wildman–Crippen LogP) is 4.43. The first-order chi connectivity index (χ1) is 15.8. The molecule has 0 radical (unpaired) electrons. The zero-order chi connectivity index (χ0) is 23.2. The van der Waals surface area contributed by atoms with Gasteiger partial charge >= 0.3 is 0 Å². The van der Waals surface area contributed by atoms with Crippen molar-refractivity contribution in [2.24, 2.45) is 0 Å². The van der Waals surface area contributed by atoms with Crippen molar-refractivity contribution < 1.29 is 13.2 Å². The first-order valence-corrected chi connectivity index (χ1v) is 12.7. The molecule has 1 saturated heterocycles. The number of pyridine rings is 1. The summed E-state index contributed by atoms with van der Waals surface area (Å²) in [4.78, 5) is 16.5. The number of anilines is 1. The molecule has 0 aliphatic carbocycles. The van der Waals surface area contributed by atoms with Gasteiger partial charge in [-0.15, -0.1) is 0 Å². The van der Waals surface area contributed by atoms with Gasteiger partial charge in [-0.2, -0.15) is 4.31 Å². The summed E-state index contributed by atoms with van der Waals surface area (Å²) in [7, 11) is -3.59. The lowest BCUT2D eigenvalue weighted by Gasteiger charge is -2.31. The van der Waals surface area contributed by atoms with Crippen LogP contribution >= 0.6 is 0 Å². The minimum absolute atomic E-state index is 0.0995. The van der Waals surface area contributed by atoms with Crippen LogP contribution in [0.4, 0.5) is 5.69 Å². The number of benzene rings is 2. The number of nitrogens with zero attached hydrogens (tertiary/aromatic N) is 2. The van der Waals surface area contributed by atoms with Crippen molar-refractivity contribution in [2.45, 2.75) is 43.9 Å². The van der Waals surface area contributed by atoms with Gasteiger partial charge in [-0.25, -0.2) is 8.42 Å². The van der Waals surface area contributed by atoms with Gasteiger partial charge in [0.15, 0.2) is 0 Å². The van der Waals surface area contributed by atoms with Crippen LogP contribution in [0.25, 0.3) is 11.3 Å². The number of rotatable bonds is 4. The van der Waals surface area contributed by atoms with E-state index in [1.165, 1.54) is 11.1 Å². The molecule has 2 aromatic carbocycles. The quantitative estimate of drug-likeness (QED) is 0.623. The van der Waals surface area contributed by atoms with Gasteiger partial charge < -0.3 is 5.32 Å². The first kappa shape index (κ1) is 21.8. The number of sulfonamides is 1. The smallest absolute Gasteiger partial charge is 0.243 e. The van der Waals surface area contributed by atoms with Crippen molar-refractivity contribution >= 4 is 21.6 Å². The number of piperidine rings is 1. The molecule has 3 heterocycles. The van der Waals surface area contributed by atoms with E-state index < -0.39 is 10.0 Å². The van der Waals surface area contributed by atoms with Gasteiger partial charge in [-0.1, -0.05) is 30.3 Å². The Labute approximate surface area is 194 Å². The molecule has 1 N–H and O–H groups in total. The van der Waals surface area contributed by atoms with Gasteiger partial charge in [0, 0.05) is 30.5 Å². The molecule has 7 heteroatoms. The second kappa shape index (κ2) is 8.39. The van der Waals surface area contributed by atoms with E-state index in [1.807, 2.05) is 6.20 Å². The third-order valence-electron chi connectivity index (χ3n) is 6.94. The van der Waals surface area contributed by atoms with E-state index >= 15 is 0 Å². The summed E-state index contributed by atoms with van der Waals surface area (Å²) in [5.74, 6) is 0.188. The molecule has 33 heavy (non-hydrogen) atoms. The van der Waals surface area contributed by atoms with Crippen LogP contribution in [0.3, 0.4) is 0 Å². The number of fused-ring (bicyclic) bond motifs is 1. The number of aromatic nitrogens is 1. The van der Waals surface area contributed by atoms with Gasteiger partial charge in [0.05, 0.1) is 17.0 Å². The minimum Gasteiger partial charge on any atom is -0.325 e. The zero-order valence-electron chi connectivity index (χ0n) is 18.8. The molecule has 6 nitrogen and oxygen atoms in total. The SMILES string of the molecule is Cc1cccc(-c2ccc(C3CCN(S(=O)(=O)c4ccc5c(c4)NC(=O)C5)CC3)cn2)c1C. The van der Waals surface area contributed by atoms with Crippen LogP contribution in [0.15, 0.2) is 59.6 Å². The molecule has 0 saturated carbocycles. The van der Waals surface area contributed by atoms with E-state index in [1.54, 1.807) is 22.5 Å². The van der Waals surface area contributed by atoms with Crippen molar-refractivity contribution in [1.82, 2.24) is 9.29 Å². The maximum Gasteiger partial charge on any atom is 0.243 e. The lowest BCUT2D eigenvalue weighted by atomic mass is 9.91. The van der Waals surface area contributed by atoms with Crippen molar-refractivity contribution in [3.8, 4) is 11.3 Å². The summed E-state index contributed by atoms with van der Waals surface area (Å²) < 4.78 is 27.9. The Morgan fingerprint density at radius 2 is 1.82 bits per heavy atom. The fourth-order valence-electron chi connectivity index (χ4n) is 4.77. The fourth-order valence-corrected chi connectivity index (χ4v) is 6.26. The number of carbonyl (C=O) groups excluding carboxylic acids is 1. The molecule has 170 valence electrons. The fraction of sp³-hybridized carbons (Fsp3) is 0.308. The first-order valence-electron chi connectivity index (χ1n) is 11.3. The van der Waals surface area contributed by atoms with Crippen LogP contribution in [0, 0.1) is 13.8 Å². The second-order valence-corrected chi connectivity index (χ2v) is 10.9. The summed E-state index contributed by atoms with van der Waals surface area (Å²) in [5.41, 5.74) is 7.19. The van der Waals surface area contributed by atoms with Gasteiger partial charge in [0.2, 0.25) is 15.9 Å². The Hall–Kier alpha value is -3.03. The van der Waals surface area contributed by atoms with E-state index in [4.69, 9.17) is 4.98 Å². The number of hydrogen-bond donors (Lipinski definition) is 1. The van der Waals surface area contributed by atoms with Gasteiger partial charge in [-0.3, -0.25) is 9.78 Å². The number of aryl methyl sites for hydroxylation is 1. The summed E-state index contributed by atoms with van der Waals surface area (Å²) in [5, 5.41) is 2.74. The van der Waals surface area contributed by atoms with E-state index in [0.29, 0.717) is 25.2 Å². The Kier molecular flexibility index (Phi) is 5.54. The third kappa shape index (κ3) is 4.07. The van der Waals surface area contributed by atoms with Gasteiger partial charge in [0.25, 0.3) is 0 Å². The molecule has 0 unspecified atom stereocenters. The van der Waals surface area contributed by atoms with Gasteiger partial charge in [0.1, 0.15) is 0 Å². The van der Waals surface area contributed by atoms with Crippen LogP contribution in [-0.2, 0) is 21.2 Å². The second-order valence-electron chi connectivity index (χ2n) is 8.95. The highest BCUT2D eigenvalue weighted by atomic mass is 32.2. The predicted molar refractivity (Wildman–Crippen MR) is 129 cm³/mol. The monoisotopic (exact) mass is 461 g/mol. The molecule has 2 aliphatic rings. The van der Waals surface area contributed by atoms with Crippen LogP contribution in [-0.4, -0.2) is 36.7 Å². The molecule has 0 spiro atoms. The number of nitrogens with one attached hydrogen (secondary N) is 1. The summed E-state index contributed by atoms with van der Waals surface area (Å²) in [6, 6.07) is 15.4. The Bertz CT molecular complexity index is 1330.